The molecule has 0 aliphatic rings. The van der Waals surface area contributed by atoms with Crippen LogP contribution in [0.2, 0.25) is 0 Å². The normalized spacial score (nSPS) is 15.5. The van der Waals surface area contributed by atoms with Crippen molar-refractivity contribution in [2.24, 2.45) is 5.73 Å². The number of aliphatic carboxylic acids is 2. The lowest BCUT2D eigenvalue weighted by atomic mass is 10.1. The Hall–Kier alpha value is -3.17. The molecular formula is C17H26N6O8S. The van der Waals surface area contributed by atoms with Crippen LogP contribution >= 0.6 is 12.6 Å². The van der Waals surface area contributed by atoms with Crippen LogP contribution in [0.25, 0.3) is 0 Å². The van der Waals surface area contributed by atoms with Gasteiger partial charge in [0, 0.05) is 24.1 Å². The third-order valence-electron chi connectivity index (χ3n) is 4.20. The average Bonchev–Trinajstić information content (AvgIpc) is 3.21. The van der Waals surface area contributed by atoms with Crippen molar-refractivity contribution >= 4 is 42.3 Å². The molecule has 32 heavy (non-hydrogen) atoms. The van der Waals surface area contributed by atoms with Gasteiger partial charge in [-0.25, -0.2) is 9.78 Å². The lowest BCUT2D eigenvalue weighted by Gasteiger charge is -2.25. The van der Waals surface area contributed by atoms with Crippen LogP contribution in [0.3, 0.4) is 0 Å². The number of H-pyrrole nitrogens is 1. The van der Waals surface area contributed by atoms with E-state index in [4.69, 9.17) is 15.9 Å². The summed E-state index contributed by atoms with van der Waals surface area (Å²) in [4.78, 5) is 65.7. The number of rotatable bonds is 13. The Labute approximate surface area is 187 Å². The van der Waals surface area contributed by atoms with Gasteiger partial charge in [0.15, 0.2) is 0 Å². The largest absolute Gasteiger partial charge is 0.481 e. The number of nitrogens with one attached hydrogen (secondary N) is 4. The lowest BCUT2D eigenvalue weighted by Crippen LogP contribution is -2.60. The second-order valence-electron chi connectivity index (χ2n) is 6.86. The fraction of sp³-hybridized carbons (Fsp3) is 0.529. The van der Waals surface area contributed by atoms with Crippen LogP contribution < -0.4 is 21.7 Å². The number of imidazole rings is 1. The molecule has 1 rings (SSSR count). The van der Waals surface area contributed by atoms with E-state index in [2.05, 4.69) is 33.2 Å². The van der Waals surface area contributed by atoms with Gasteiger partial charge in [-0.1, -0.05) is 0 Å². The number of aromatic nitrogens is 2. The van der Waals surface area contributed by atoms with Crippen LogP contribution in [-0.4, -0.2) is 91.0 Å². The predicted molar refractivity (Wildman–Crippen MR) is 111 cm³/mol. The number of aliphatic hydroxyl groups is 1. The van der Waals surface area contributed by atoms with E-state index >= 15 is 0 Å². The Balaban J connectivity index is 2.78. The summed E-state index contributed by atoms with van der Waals surface area (Å²) >= 11 is 3.99. The highest BCUT2D eigenvalue weighted by Gasteiger charge is 2.33. The molecule has 0 radical (unpaired) electrons. The fourth-order valence-electron chi connectivity index (χ4n) is 2.49. The number of carbonyl (C=O) groups excluding carboxylic acids is 3. The Morgan fingerprint density at radius 2 is 1.72 bits per heavy atom. The summed E-state index contributed by atoms with van der Waals surface area (Å²) < 4.78 is 0. The second kappa shape index (κ2) is 12.6. The Kier molecular flexibility index (Phi) is 10.6. The highest BCUT2D eigenvalue weighted by molar-refractivity contribution is 7.80. The molecule has 3 amide bonds. The zero-order chi connectivity index (χ0) is 24.4. The van der Waals surface area contributed by atoms with Gasteiger partial charge in [0.1, 0.15) is 18.1 Å². The van der Waals surface area contributed by atoms with Gasteiger partial charge in [0.25, 0.3) is 0 Å². The Morgan fingerprint density at radius 1 is 1.09 bits per heavy atom. The Morgan fingerprint density at radius 3 is 2.19 bits per heavy atom. The molecule has 1 heterocycles. The van der Waals surface area contributed by atoms with Crippen LogP contribution in [0.4, 0.5) is 0 Å². The standard InChI is InChI=1S/C17H26N6O8S/c1-7(24)13(16(29)21-10(17(30)31)3-12(25)26)23-15(28)11(5-32)22-14(27)9(18)2-8-4-19-6-20-8/h4,6-7,9-11,13,24,32H,2-3,5,18H2,1H3,(H,19,20)(H,21,29)(H,22,27)(H,23,28)(H,25,26)(H,30,31). The van der Waals surface area contributed by atoms with Gasteiger partial charge in [-0.3, -0.25) is 19.2 Å². The van der Waals surface area contributed by atoms with Crippen molar-refractivity contribution in [1.82, 2.24) is 25.9 Å². The minimum absolute atomic E-state index is 0.117. The van der Waals surface area contributed by atoms with E-state index in [9.17, 15) is 29.1 Å². The molecule has 0 fully saturated rings. The number of carboxylic acid groups (broad SMARTS) is 2. The molecule has 0 bridgehead atoms. The molecule has 14 nitrogen and oxygen atoms in total. The number of nitrogens with two attached hydrogens (primary N) is 1. The number of nitrogens with zero attached hydrogens (tertiary/aromatic N) is 1. The third-order valence-corrected chi connectivity index (χ3v) is 4.57. The van der Waals surface area contributed by atoms with E-state index in [1.54, 1.807) is 0 Å². The first-order valence-electron chi connectivity index (χ1n) is 9.33. The van der Waals surface area contributed by atoms with Crippen molar-refractivity contribution in [1.29, 1.82) is 0 Å². The number of carbonyl (C=O) groups is 5. The molecule has 5 unspecified atom stereocenters. The average molecular weight is 474 g/mol. The van der Waals surface area contributed by atoms with Gasteiger partial charge >= 0.3 is 11.9 Å². The van der Waals surface area contributed by atoms with Gasteiger partial charge in [-0.2, -0.15) is 12.6 Å². The molecule has 0 aliphatic heterocycles. The molecular weight excluding hydrogens is 448 g/mol. The van der Waals surface area contributed by atoms with E-state index in [1.807, 2.05) is 5.32 Å². The molecule has 0 saturated carbocycles. The molecule has 0 aliphatic carbocycles. The summed E-state index contributed by atoms with van der Waals surface area (Å²) in [6.45, 7) is 1.16. The zero-order valence-corrected chi connectivity index (χ0v) is 17.9. The van der Waals surface area contributed by atoms with Gasteiger partial charge in [-0.15, -0.1) is 0 Å². The fourth-order valence-corrected chi connectivity index (χ4v) is 2.75. The van der Waals surface area contributed by atoms with Gasteiger partial charge in [-0.05, 0) is 6.92 Å². The molecule has 1 aromatic rings. The summed E-state index contributed by atoms with van der Waals surface area (Å²) in [5.74, 6) is -5.96. The highest BCUT2D eigenvalue weighted by Crippen LogP contribution is 2.02. The van der Waals surface area contributed by atoms with Gasteiger partial charge < -0.3 is 42.0 Å². The molecule has 0 aromatic carbocycles. The monoisotopic (exact) mass is 474 g/mol. The van der Waals surface area contributed by atoms with E-state index in [0.717, 1.165) is 6.92 Å². The molecule has 0 saturated heterocycles. The molecule has 9 N–H and O–H groups in total. The number of thiol groups is 1. The number of aromatic amines is 1. The summed E-state index contributed by atoms with van der Waals surface area (Å²) in [6.07, 6.45) is 0.626. The van der Waals surface area contributed by atoms with E-state index in [0.29, 0.717) is 5.69 Å². The number of hydrogen-bond donors (Lipinski definition) is 9. The van der Waals surface area contributed by atoms with Gasteiger partial charge in [0.05, 0.1) is 24.9 Å². The maximum Gasteiger partial charge on any atom is 0.326 e. The van der Waals surface area contributed by atoms with E-state index < -0.39 is 66.4 Å². The first-order valence-corrected chi connectivity index (χ1v) is 9.97. The van der Waals surface area contributed by atoms with E-state index in [1.165, 1.54) is 12.5 Å². The Bertz CT molecular complexity index is 818. The second-order valence-corrected chi connectivity index (χ2v) is 7.22. The SMILES string of the molecule is CC(O)C(NC(=O)C(CS)NC(=O)C(N)Cc1cnc[nH]1)C(=O)NC(CC(=O)O)C(=O)O. The van der Waals surface area contributed by atoms with Gasteiger partial charge in [0.2, 0.25) is 17.7 Å². The highest BCUT2D eigenvalue weighted by atomic mass is 32.1. The first-order chi connectivity index (χ1) is 15.0. The third kappa shape index (κ3) is 8.52. The minimum atomic E-state index is -1.78. The van der Waals surface area contributed by atoms with Crippen molar-refractivity contribution < 1.29 is 39.3 Å². The molecule has 1 aromatic heterocycles. The molecule has 15 heteroatoms. The van der Waals surface area contributed by atoms with Crippen molar-refractivity contribution in [2.75, 3.05) is 5.75 Å². The minimum Gasteiger partial charge on any atom is -0.481 e. The van der Waals surface area contributed by atoms with Crippen molar-refractivity contribution in [3.8, 4) is 0 Å². The maximum atomic E-state index is 12.5. The van der Waals surface area contributed by atoms with Crippen LogP contribution in [0.5, 0.6) is 0 Å². The number of hydrogen-bond acceptors (Lipinski definition) is 9. The van der Waals surface area contributed by atoms with Crippen molar-refractivity contribution in [2.45, 2.75) is 50.0 Å². The topological polar surface area (TPSA) is 237 Å². The smallest absolute Gasteiger partial charge is 0.326 e. The lowest BCUT2D eigenvalue weighted by molar-refractivity contribution is -0.147. The number of amides is 3. The predicted octanol–water partition coefficient (Wildman–Crippen LogP) is -3.40. The maximum absolute atomic E-state index is 12.5. The summed E-state index contributed by atoms with van der Waals surface area (Å²) in [7, 11) is 0. The van der Waals surface area contributed by atoms with Crippen molar-refractivity contribution in [3.63, 3.8) is 0 Å². The number of carboxylic acids is 2. The van der Waals surface area contributed by atoms with Crippen molar-refractivity contribution in [3.05, 3.63) is 18.2 Å². The molecule has 0 spiro atoms. The first kappa shape index (κ1) is 26.9. The zero-order valence-electron chi connectivity index (χ0n) is 17.0. The van der Waals surface area contributed by atoms with Crippen LogP contribution in [0.15, 0.2) is 12.5 Å². The molecule has 178 valence electrons. The van der Waals surface area contributed by atoms with Crippen LogP contribution in [-0.2, 0) is 30.4 Å². The van der Waals surface area contributed by atoms with Crippen LogP contribution in [0.1, 0.15) is 19.0 Å². The quantitative estimate of drug-likeness (QED) is 0.128. The van der Waals surface area contributed by atoms with Crippen LogP contribution in [0, 0.1) is 0 Å². The summed E-state index contributed by atoms with van der Waals surface area (Å²) in [5.41, 5.74) is 6.40. The molecule has 5 atom stereocenters. The van der Waals surface area contributed by atoms with E-state index in [-0.39, 0.29) is 12.2 Å². The number of aliphatic hydroxyl groups excluding tert-OH is 1. The summed E-state index contributed by atoms with van der Waals surface area (Å²) in [5, 5.41) is 34.2. The summed E-state index contributed by atoms with van der Waals surface area (Å²) in [6, 6.07) is -5.66.